The van der Waals surface area contributed by atoms with Crippen LogP contribution in [0.15, 0.2) is 36.4 Å². The third-order valence-corrected chi connectivity index (χ3v) is 5.48. The van der Waals surface area contributed by atoms with Crippen molar-refractivity contribution < 1.29 is 23.0 Å². The second-order valence-electron chi connectivity index (χ2n) is 7.66. The van der Waals surface area contributed by atoms with Crippen molar-refractivity contribution in [1.82, 2.24) is 9.78 Å². The Morgan fingerprint density at radius 2 is 2.00 bits per heavy atom. The average Bonchev–Trinajstić information content (AvgIpc) is 3.39. The maximum absolute atomic E-state index is 13.8. The zero-order valence-corrected chi connectivity index (χ0v) is 18.1. The molecule has 0 bridgehead atoms. The molecule has 4 rings (SSSR count). The Labute approximate surface area is 185 Å². The molecule has 1 heterocycles. The molecule has 1 N–H and O–H groups in total. The number of rotatable bonds is 8. The SMILES string of the molecule is CCCCOc1ccc(OC)cc1NC(=O)c1nn(-c2ccc(F)c(F)c2)c2c1CCC2. The first-order valence-corrected chi connectivity index (χ1v) is 10.7. The number of fused-ring (bicyclic) bond motifs is 1. The van der Waals surface area contributed by atoms with Crippen LogP contribution in [0.4, 0.5) is 14.5 Å². The summed E-state index contributed by atoms with van der Waals surface area (Å²) < 4.78 is 39.8. The highest BCUT2D eigenvalue weighted by atomic mass is 19.2. The van der Waals surface area contributed by atoms with Gasteiger partial charge in [-0.3, -0.25) is 4.79 Å². The largest absolute Gasteiger partial charge is 0.497 e. The van der Waals surface area contributed by atoms with Gasteiger partial charge in [0.05, 0.1) is 25.1 Å². The van der Waals surface area contributed by atoms with Gasteiger partial charge in [-0.05, 0) is 49.9 Å². The fraction of sp³-hybridized carbons (Fsp3) is 0.333. The van der Waals surface area contributed by atoms with Crippen LogP contribution in [-0.2, 0) is 12.8 Å². The van der Waals surface area contributed by atoms with E-state index in [1.54, 1.807) is 25.3 Å². The molecule has 0 aliphatic heterocycles. The van der Waals surface area contributed by atoms with Gasteiger partial charge in [0.1, 0.15) is 11.5 Å². The first-order chi connectivity index (χ1) is 15.5. The minimum absolute atomic E-state index is 0.268. The molecule has 3 aromatic rings. The smallest absolute Gasteiger partial charge is 0.276 e. The van der Waals surface area contributed by atoms with Gasteiger partial charge < -0.3 is 14.8 Å². The van der Waals surface area contributed by atoms with Gasteiger partial charge >= 0.3 is 0 Å². The topological polar surface area (TPSA) is 65.4 Å². The van der Waals surface area contributed by atoms with E-state index in [0.717, 1.165) is 42.7 Å². The van der Waals surface area contributed by atoms with E-state index in [1.807, 2.05) is 0 Å². The Kier molecular flexibility index (Phi) is 6.39. The lowest BCUT2D eigenvalue weighted by atomic mass is 10.2. The van der Waals surface area contributed by atoms with Gasteiger partial charge in [-0.15, -0.1) is 0 Å². The minimum atomic E-state index is -0.957. The van der Waals surface area contributed by atoms with E-state index < -0.39 is 17.5 Å². The van der Waals surface area contributed by atoms with Gasteiger partial charge in [0.15, 0.2) is 17.3 Å². The highest BCUT2D eigenvalue weighted by Crippen LogP contribution is 2.32. The number of amides is 1. The zero-order chi connectivity index (χ0) is 22.7. The van der Waals surface area contributed by atoms with Gasteiger partial charge in [-0.1, -0.05) is 13.3 Å². The summed E-state index contributed by atoms with van der Waals surface area (Å²) >= 11 is 0. The zero-order valence-electron chi connectivity index (χ0n) is 18.1. The van der Waals surface area contributed by atoms with Gasteiger partial charge in [-0.25, -0.2) is 13.5 Å². The molecule has 0 saturated heterocycles. The third kappa shape index (κ3) is 4.30. The van der Waals surface area contributed by atoms with Gasteiger partial charge in [-0.2, -0.15) is 5.10 Å². The monoisotopic (exact) mass is 441 g/mol. The van der Waals surface area contributed by atoms with E-state index in [9.17, 15) is 13.6 Å². The Balaban J connectivity index is 1.65. The number of nitrogens with zero attached hydrogens (tertiary/aromatic N) is 2. The number of hydrogen-bond acceptors (Lipinski definition) is 4. The Hall–Kier alpha value is -3.42. The minimum Gasteiger partial charge on any atom is -0.497 e. The van der Waals surface area contributed by atoms with Gasteiger partial charge in [0, 0.05) is 23.4 Å². The number of benzene rings is 2. The van der Waals surface area contributed by atoms with E-state index >= 15 is 0 Å². The summed E-state index contributed by atoms with van der Waals surface area (Å²) in [5.41, 5.74) is 2.80. The lowest BCUT2D eigenvalue weighted by Gasteiger charge is -2.13. The lowest BCUT2D eigenvalue weighted by Crippen LogP contribution is -2.16. The molecule has 0 unspecified atom stereocenters. The molecule has 1 aliphatic carbocycles. The van der Waals surface area contributed by atoms with E-state index in [1.165, 1.54) is 10.7 Å². The van der Waals surface area contributed by atoms with Crippen molar-refractivity contribution in [3.63, 3.8) is 0 Å². The van der Waals surface area contributed by atoms with Crippen LogP contribution in [-0.4, -0.2) is 29.4 Å². The molecular formula is C24H25F2N3O3. The highest BCUT2D eigenvalue weighted by Gasteiger charge is 2.28. The molecule has 1 aliphatic rings. The Bertz CT molecular complexity index is 1140. The van der Waals surface area contributed by atoms with Crippen molar-refractivity contribution in [2.75, 3.05) is 19.0 Å². The number of methoxy groups -OCH3 is 1. The van der Waals surface area contributed by atoms with Crippen molar-refractivity contribution in [1.29, 1.82) is 0 Å². The lowest BCUT2D eigenvalue weighted by molar-refractivity contribution is 0.102. The van der Waals surface area contributed by atoms with Gasteiger partial charge in [0.25, 0.3) is 5.91 Å². The van der Waals surface area contributed by atoms with Crippen LogP contribution < -0.4 is 14.8 Å². The molecule has 2 aromatic carbocycles. The number of nitrogens with one attached hydrogen (secondary N) is 1. The third-order valence-electron chi connectivity index (χ3n) is 5.48. The number of carbonyl (C=O) groups is 1. The fourth-order valence-corrected chi connectivity index (χ4v) is 3.82. The summed E-state index contributed by atoms with van der Waals surface area (Å²) in [5, 5.41) is 7.35. The molecule has 0 fully saturated rings. The Morgan fingerprint density at radius 1 is 1.16 bits per heavy atom. The van der Waals surface area contributed by atoms with Crippen molar-refractivity contribution in [2.24, 2.45) is 0 Å². The molecule has 0 spiro atoms. The van der Waals surface area contributed by atoms with Crippen molar-refractivity contribution in [3.8, 4) is 17.2 Å². The van der Waals surface area contributed by atoms with Crippen LogP contribution in [0.1, 0.15) is 47.9 Å². The summed E-state index contributed by atoms with van der Waals surface area (Å²) in [6, 6.07) is 8.83. The van der Waals surface area contributed by atoms with Crippen molar-refractivity contribution >= 4 is 11.6 Å². The van der Waals surface area contributed by atoms with E-state index in [2.05, 4.69) is 17.3 Å². The van der Waals surface area contributed by atoms with E-state index in [0.29, 0.717) is 42.3 Å². The first kappa shape index (κ1) is 21.8. The van der Waals surface area contributed by atoms with Crippen LogP contribution in [0.3, 0.4) is 0 Å². The summed E-state index contributed by atoms with van der Waals surface area (Å²) in [4.78, 5) is 13.2. The summed E-state index contributed by atoms with van der Waals surface area (Å²) in [7, 11) is 1.55. The van der Waals surface area contributed by atoms with Crippen molar-refractivity contribution in [2.45, 2.75) is 39.0 Å². The molecule has 0 radical (unpaired) electrons. The van der Waals surface area contributed by atoms with E-state index in [-0.39, 0.29) is 5.69 Å². The summed E-state index contributed by atoms with van der Waals surface area (Å²) in [5.74, 6) is -1.15. The quantitative estimate of drug-likeness (QED) is 0.495. The normalized spacial score (nSPS) is 12.5. The predicted octanol–water partition coefficient (Wildman–Crippen LogP) is 5.08. The molecule has 6 nitrogen and oxygen atoms in total. The average molecular weight is 441 g/mol. The standard InChI is InChI=1S/C24H25F2N3O3/c1-3-4-12-32-22-11-9-16(31-2)14-20(22)27-24(30)23-17-6-5-7-21(17)29(28-23)15-8-10-18(25)19(26)13-15/h8-11,13-14H,3-7,12H2,1-2H3,(H,27,30). The number of carbonyl (C=O) groups excluding carboxylic acids is 1. The maximum atomic E-state index is 13.8. The predicted molar refractivity (Wildman–Crippen MR) is 117 cm³/mol. The van der Waals surface area contributed by atoms with Crippen molar-refractivity contribution in [3.05, 3.63) is 65.0 Å². The van der Waals surface area contributed by atoms with Crippen LogP contribution in [0.5, 0.6) is 11.5 Å². The van der Waals surface area contributed by atoms with Crippen LogP contribution in [0, 0.1) is 11.6 Å². The number of halogens is 2. The fourth-order valence-electron chi connectivity index (χ4n) is 3.82. The number of ether oxygens (including phenoxy) is 2. The van der Waals surface area contributed by atoms with Crippen LogP contribution >= 0.6 is 0 Å². The molecule has 0 atom stereocenters. The number of anilines is 1. The highest BCUT2D eigenvalue weighted by molar-refractivity contribution is 6.05. The van der Waals surface area contributed by atoms with Crippen LogP contribution in [0.25, 0.3) is 5.69 Å². The number of aromatic nitrogens is 2. The summed E-state index contributed by atoms with van der Waals surface area (Å²) in [6.45, 7) is 2.61. The summed E-state index contributed by atoms with van der Waals surface area (Å²) in [6.07, 6.45) is 4.15. The molecule has 8 heteroatoms. The van der Waals surface area contributed by atoms with Crippen LogP contribution in [0.2, 0.25) is 0 Å². The molecule has 168 valence electrons. The molecule has 1 aromatic heterocycles. The molecule has 1 amide bonds. The molecule has 32 heavy (non-hydrogen) atoms. The maximum Gasteiger partial charge on any atom is 0.276 e. The molecular weight excluding hydrogens is 416 g/mol. The molecule has 0 saturated carbocycles. The first-order valence-electron chi connectivity index (χ1n) is 10.7. The second-order valence-corrected chi connectivity index (χ2v) is 7.66. The number of hydrogen-bond donors (Lipinski definition) is 1. The van der Waals surface area contributed by atoms with Gasteiger partial charge in [0.2, 0.25) is 0 Å². The second kappa shape index (κ2) is 9.38. The Morgan fingerprint density at radius 3 is 2.75 bits per heavy atom. The van der Waals surface area contributed by atoms with E-state index in [4.69, 9.17) is 9.47 Å². The number of unbranched alkanes of at least 4 members (excludes halogenated alkanes) is 1.